The minimum Gasteiger partial charge on any atom is -0.481 e. The van der Waals surface area contributed by atoms with Gasteiger partial charge in [0, 0.05) is 12.3 Å². The second-order valence-electron chi connectivity index (χ2n) is 4.71. The molecule has 1 saturated heterocycles. The van der Waals surface area contributed by atoms with Gasteiger partial charge in [0.25, 0.3) is 5.91 Å². The van der Waals surface area contributed by atoms with Crippen LogP contribution in [0.5, 0.6) is 0 Å². The monoisotopic (exact) mass is 266 g/mol. The summed E-state index contributed by atoms with van der Waals surface area (Å²) in [6.07, 6.45) is 1.28. The van der Waals surface area contributed by atoms with E-state index in [0.29, 0.717) is 0 Å². The van der Waals surface area contributed by atoms with E-state index in [9.17, 15) is 19.5 Å². The molecule has 0 spiro atoms. The predicted molar refractivity (Wildman–Crippen MR) is 64.9 cm³/mol. The first kappa shape index (κ1) is 13.3. The number of rotatable bonds is 3. The van der Waals surface area contributed by atoms with E-state index < -0.39 is 23.3 Å². The van der Waals surface area contributed by atoms with Crippen molar-refractivity contribution < 1.29 is 19.4 Å². The fourth-order valence-electron chi connectivity index (χ4n) is 1.88. The highest BCUT2D eigenvalue weighted by Crippen LogP contribution is 2.28. The van der Waals surface area contributed by atoms with Crippen LogP contribution in [-0.2, 0) is 9.53 Å². The molecule has 19 heavy (non-hydrogen) atoms. The first-order chi connectivity index (χ1) is 8.93. The number of nitrogens with one attached hydrogen (secondary N) is 2. The average molecular weight is 266 g/mol. The number of hydrogen-bond acceptors (Lipinski definition) is 4. The zero-order valence-corrected chi connectivity index (χ0v) is 10.3. The van der Waals surface area contributed by atoms with Crippen molar-refractivity contribution in [3.8, 4) is 0 Å². The summed E-state index contributed by atoms with van der Waals surface area (Å²) in [5, 5.41) is 11.8. The molecule has 0 aliphatic carbocycles. The Labute approximate surface area is 108 Å². The molecule has 1 aliphatic rings. The Morgan fingerprint density at radius 3 is 2.84 bits per heavy atom. The molecule has 0 bridgehead atoms. The van der Waals surface area contributed by atoms with Crippen LogP contribution in [0, 0.1) is 5.41 Å². The van der Waals surface area contributed by atoms with Crippen molar-refractivity contribution in [2.75, 3.05) is 13.2 Å². The fourth-order valence-corrected chi connectivity index (χ4v) is 1.88. The third-order valence-corrected chi connectivity index (χ3v) is 3.30. The third kappa shape index (κ3) is 2.50. The number of ether oxygens (including phenoxy) is 1. The molecule has 3 N–H and O–H groups in total. The van der Waals surface area contributed by atoms with E-state index in [-0.39, 0.29) is 24.3 Å². The summed E-state index contributed by atoms with van der Waals surface area (Å²) in [6, 6.07) is 2.00. The molecule has 1 amide bonds. The van der Waals surface area contributed by atoms with Gasteiger partial charge in [0.05, 0.1) is 24.8 Å². The predicted octanol–water partition coefficient (Wildman–Crippen LogP) is -0.406. The first-order valence-corrected chi connectivity index (χ1v) is 5.74. The number of hydrogen-bond donors (Lipinski definition) is 3. The molecule has 2 rings (SSSR count). The van der Waals surface area contributed by atoms with Gasteiger partial charge in [-0.1, -0.05) is 0 Å². The zero-order chi connectivity index (χ0) is 14.0. The van der Waals surface area contributed by atoms with Crippen molar-refractivity contribution >= 4 is 11.9 Å². The zero-order valence-electron chi connectivity index (χ0n) is 10.3. The normalized spacial score (nSPS) is 26.1. The molecule has 1 aromatic rings. The number of H-pyrrole nitrogens is 1. The summed E-state index contributed by atoms with van der Waals surface area (Å²) in [4.78, 5) is 36.4. The highest BCUT2D eigenvalue weighted by molar-refractivity contribution is 5.94. The molecule has 0 saturated carbocycles. The molecule has 2 atom stereocenters. The van der Waals surface area contributed by atoms with E-state index in [4.69, 9.17) is 4.74 Å². The summed E-state index contributed by atoms with van der Waals surface area (Å²) in [5.41, 5.74) is -1.19. The highest BCUT2D eigenvalue weighted by atomic mass is 16.5. The molecular weight excluding hydrogens is 252 g/mol. The second-order valence-corrected chi connectivity index (χ2v) is 4.71. The van der Waals surface area contributed by atoms with Crippen LogP contribution in [0.25, 0.3) is 0 Å². The van der Waals surface area contributed by atoms with Crippen LogP contribution in [0.4, 0.5) is 0 Å². The van der Waals surface area contributed by atoms with Gasteiger partial charge in [-0.15, -0.1) is 0 Å². The lowest BCUT2D eigenvalue weighted by molar-refractivity contribution is -0.148. The maximum atomic E-state index is 11.9. The van der Waals surface area contributed by atoms with Crippen molar-refractivity contribution in [3.63, 3.8) is 0 Å². The average Bonchev–Trinajstić information content (AvgIpc) is 2.73. The first-order valence-electron chi connectivity index (χ1n) is 5.74. The van der Waals surface area contributed by atoms with E-state index in [1.54, 1.807) is 0 Å². The number of carboxylic acids is 1. The van der Waals surface area contributed by atoms with Crippen LogP contribution in [0.15, 0.2) is 23.1 Å². The van der Waals surface area contributed by atoms with Crippen LogP contribution >= 0.6 is 0 Å². The number of aliphatic carboxylic acids is 1. The second kappa shape index (κ2) is 4.85. The molecule has 0 radical (unpaired) electrons. The highest BCUT2D eigenvalue weighted by Gasteiger charge is 2.47. The topological polar surface area (TPSA) is 108 Å². The Bertz CT molecular complexity index is 547. The lowest BCUT2D eigenvalue weighted by Crippen LogP contribution is -2.49. The molecule has 1 aromatic heterocycles. The quantitative estimate of drug-likeness (QED) is 0.689. The van der Waals surface area contributed by atoms with Crippen molar-refractivity contribution in [1.29, 1.82) is 0 Å². The number of carbonyl (C=O) groups is 2. The van der Waals surface area contributed by atoms with Crippen LogP contribution in [0.3, 0.4) is 0 Å². The Morgan fingerprint density at radius 1 is 1.53 bits per heavy atom. The SMILES string of the molecule is CC1(C(=O)O)COCC1NC(=O)c1ccc(=O)[nH]c1. The van der Waals surface area contributed by atoms with Gasteiger partial charge in [-0.05, 0) is 13.0 Å². The summed E-state index contributed by atoms with van der Waals surface area (Å²) in [6.45, 7) is 1.73. The Morgan fingerprint density at radius 2 is 2.26 bits per heavy atom. The largest absolute Gasteiger partial charge is 0.481 e. The standard InChI is InChI=1S/C12H14N2O5/c1-12(11(17)18)6-19-5-8(12)14-10(16)7-2-3-9(15)13-4-7/h2-4,8H,5-6H2,1H3,(H,13,15)(H,14,16)(H,17,18). The minimum absolute atomic E-state index is 0.0545. The van der Waals surface area contributed by atoms with Crippen molar-refractivity contribution in [2.24, 2.45) is 5.41 Å². The molecule has 2 heterocycles. The molecule has 2 unspecified atom stereocenters. The van der Waals surface area contributed by atoms with Gasteiger partial charge >= 0.3 is 5.97 Å². The van der Waals surface area contributed by atoms with Crippen LogP contribution in [0.1, 0.15) is 17.3 Å². The third-order valence-electron chi connectivity index (χ3n) is 3.30. The van der Waals surface area contributed by atoms with Crippen molar-refractivity contribution in [2.45, 2.75) is 13.0 Å². The summed E-state index contributed by atoms with van der Waals surface area (Å²) < 4.78 is 5.14. The van der Waals surface area contributed by atoms with Gasteiger partial charge in [0.1, 0.15) is 5.41 Å². The van der Waals surface area contributed by atoms with Crippen molar-refractivity contribution in [3.05, 3.63) is 34.2 Å². The number of carbonyl (C=O) groups excluding carboxylic acids is 1. The summed E-state index contributed by atoms with van der Waals surface area (Å²) in [5.74, 6) is -1.46. The van der Waals surface area contributed by atoms with E-state index >= 15 is 0 Å². The molecule has 0 aromatic carbocycles. The lowest BCUT2D eigenvalue weighted by atomic mass is 9.85. The number of aromatic nitrogens is 1. The number of carboxylic acid groups (broad SMARTS) is 1. The van der Waals surface area contributed by atoms with Crippen LogP contribution in [0.2, 0.25) is 0 Å². The summed E-state index contributed by atoms with van der Waals surface area (Å²) >= 11 is 0. The Kier molecular flexibility index (Phi) is 3.39. The minimum atomic E-state index is -1.14. The molecule has 7 heteroatoms. The van der Waals surface area contributed by atoms with Gasteiger partial charge in [-0.25, -0.2) is 0 Å². The Balaban J connectivity index is 2.13. The fraction of sp³-hybridized carbons (Fsp3) is 0.417. The van der Waals surface area contributed by atoms with Gasteiger partial charge in [-0.3, -0.25) is 14.4 Å². The van der Waals surface area contributed by atoms with E-state index in [0.717, 1.165) is 0 Å². The maximum Gasteiger partial charge on any atom is 0.313 e. The van der Waals surface area contributed by atoms with Gasteiger partial charge < -0.3 is 20.1 Å². The smallest absolute Gasteiger partial charge is 0.313 e. The van der Waals surface area contributed by atoms with Crippen LogP contribution in [-0.4, -0.2) is 41.2 Å². The number of aromatic amines is 1. The van der Waals surface area contributed by atoms with E-state index in [1.807, 2.05) is 0 Å². The molecule has 7 nitrogen and oxygen atoms in total. The summed E-state index contributed by atoms with van der Waals surface area (Å²) in [7, 11) is 0. The lowest BCUT2D eigenvalue weighted by Gasteiger charge is -2.25. The molecule has 1 aliphatic heterocycles. The molecule has 1 fully saturated rings. The molecular formula is C12H14N2O5. The Hall–Kier alpha value is -2.15. The maximum absolute atomic E-state index is 11.9. The van der Waals surface area contributed by atoms with Gasteiger partial charge in [0.15, 0.2) is 0 Å². The van der Waals surface area contributed by atoms with E-state index in [2.05, 4.69) is 10.3 Å². The van der Waals surface area contributed by atoms with Gasteiger partial charge in [0.2, 0.25) is 5.56 Å². The van der Waals surface area contributed by atoms with E-state index in [1.165, 1.54) is 25.3 Å². The van der Waals surface area contributed by atoms with Gasteiger partial charge in [-0.2, -0.15) is 0 Å². The number of amides is 1. The number of pyridine rings is 1. The molecule has 102 valence electrons. The van der Waals surface area contributed by atoms with Crippen LogP contribution < -0.4 is 10.9 Å². The van der Waals surface area contributed by atoms with Crippen molar-refractivity contribution in [1.82, 2.24) is 10.3 Å².